The average molecular weight is 419 g/mol. The first-order valence-electron chi connectivity index (χ1n) is 9.04. The van der Waals surface area contributed by atoms with Gasteiger partial charge in [0.25, 0.3) is 0 Å². The first-order valence-corrected chi connectivity index (χ1v) is 15.7. The van der Waals surface area contributed by atoms with Gasteiger partial charge in [-0.15, -0.1) is 23.5 Å². The van der Waals surface area contributed by atoms with Crippen molar-refractivity contribution < 1.29 is 9.16 Å². The Hall–Kier alpha value is 0.0869. The SMILES string of the molecule is CCSCC(c1ccc(O[Si](C)(C)C)c(OC)c1)C(SCC)SCC. The zero-order valence-electron chi connectivity index (χ0n) is 16.8. The van der Waals surface area contributed by atoms with Crippen LogP contribution in [0, 0.1) is 0 Å². The van der Waals surface area contributed by atoms with Crippen LogP contribution in [0.4, 0.5) is 0 Å². The summed E-state index contributed by atoms with van der Waals surface area (Å²) in [6.07, 6.45) is 0. The number of benzene rings is 1. The van der Waals surface area contributed by atoms with E-state index in [1.54, 1.807) is 7.11 Å². The van der Waals surface area contributed by atoms with Gasteiger partial charge in [-0.1, -0.05) is 26.8 Å². The van der Waals surface area contributed by atoms with Crippen LogP contribution in [-0.2, 0) is 0 Å². The molecule has 0 aliphatic carbocycles. The largest absolute Gasteiger partial charge is 0.542 e. The van der Waals surface area contributed by atoms with Crippen molar-refractivity contribution in [3.8, 4) is 11.5 Å². The fraction of sp³-hybridized carbons (Fsp3) is 0.684. The summed E-state index contributed by atoms with van der Waals surface area (Å²) in [6, 6.07) is 6.56. The summed E-state index contributed by atoms with van der Waals surface area (Å²) in [6.45, 7) is 13.3. The molecule has 0 saturated carbocycles. The third kappa shape index (κ3) is 8.10. The minimum absolute atomic E-state index is 0.523. The Labute approximate surface area is 168 Å². The van der Waals surface area contributed by atoms with Crippen LogP contribution in [0.25, 0.3) is 0 Å². The molecule has 0 radical (unpaired) electrons. The molecule has 0 fully saturated rings. The lowest BCUT2D eigenvalue weighted by atomic mass is 10.0. The minimum Gasteiger partial charge on any atom is -0.542 e. The highest BCUT2D eigenvalue weighted by molar-refractivity contribution is 8.17. The Morgan fingerprint density at radius 2 is 1.60 bits per heavy atom. The molecule has 0 N–H and O–H groups in total. The summed E-state index contributed by atoms with van der Waals surface area (Å²) in [5.74, 6) is 6.89. The van der Waals surface area contributed by atoms with Crippen LogP contribution in [0.3, 0.4) is 0 Å². The van der Waals surface area contributed by atoms with Crippen molar-refractivity contribution in [2.45, 2.75) is 50.9 Å². The van der Waals surface area contributed by atoms with Gasteiger partial charge in [-0.3, -0.25) is 0 Å². The van der Waals surface area contributed by atoms with Crippen LogP contribution in [0.5, 0.6) is 11.5 Å². The number of ether oxygens (including phenoxy) is 1. The molecule has 0 amide bonds. The third-order valence-corrected chi connectivity index (χ3v) is 8.16. The molecule has 0 bridgehead atoms. The highest BCUT2D eigenvalue weighted by Gasteiger charge is 2.25. The van der Waals surface area contributed by atoms with E-state index in [4.69, 9.17) is 9.16 Å². The van der Waals surface area contributed by atoms with Crippen LogP contribution in [-0.4, -0.2) is 43.0 Å². The molecule has 1 atom stereocenters. The topological polar surface area (TPSA) is 18.5 Å². The third-order valence-electron chi connectivity index (χ3n) is 3.52. The van der Waals surface area contributed by atoms with E-state index < -0.39 is 8.32 Å². The Morgan fingerprint density at radius 3 is 2.08 bits per heavy atom. The summed E-state index contributed by atoms with van der Waals surface area (Å²) in [5.41, 5.74) is 1.37. The van der Waals surface area contributed by atoms with Crippen molar-refractivity contribution in [3.05, 3.63) is 23.8 Å². The zero-order chi connectivity index (χ0) is 18.9. The predicted octanol–water partition coefficient (Wildman–Crippen LogP) is 6.58. The average Bonchev–Trinajstić information content (AvgIpc) is 2.55. The van der Waals surface area contributed by atoms with Gasteiger partial charge in [0.2, 0.25) is 8.32 Å². The quantitative estimate of drug-likeness (QED) is 0.281. The maximum absolute atomic E-state index is 6.19. The molecular weight excluding hydrogens is 384 g/mol. The van der Waals surface area contributed by atoms with Gasteiger partial charge in [-0.25, -0.2) is 0 Å². The number of rotatable bonds is 12. The second-order valence-electron chi connectivity index (χ2n) is 6.67. The molecule has 0 spiro atoms. The van der Waals surface area contributed by atoms with Gasteiger partial charge in [0.05, 0.1) is 11.7 Å². The number of thioether (sulfide) groups is 3. The zero-order valence-corrected chi connectivity index (χ0v) is 20.2. The van der Waals surface area contributed by atoms with Crippen LogP contribution in [0.2, 0.25) is 19.6 Å². The predicted molar refractivity (Wildman–Crippen MR) is 123 cm³/mol. The monoisotopic (exact) mass is 418 g/mol. The first kappa shape index (κ1) is 23.1. The molecule has 1 aromatic rings. The molecule has 2 nitrogen and oxygen atoms in total. The summed E-state index contributed by atoms with van der Waals surface area (Å²) in [4.78, 5) is 0. The van der Waals surface area contributed by atoms with Crippen LogP contribution in [0.1, 0.15) is 32.3 Å². The van der Waals surface area contributed by atoms with Gasteiger partial charge >= 0.3 is 0 Å². The van der Waals surface area contributed by atoms with Crippen molar-refractivity contribution in [1.82, 2.24) is 0 Å². The van der Waals surface area contributed by atoms with Crippen molar-refractivity contribution in [2.24, 2.45) is 0 Å². The standard InChI is InChI=1S/C19H34O2S3Si/c1-8-22-14-16(19(23-9-2)24-10-3)15-11-12-17(18(13-15)20-4)21-25(5,6)7/h11-13,16,19H,8-10,14H2,1-7H3. The van der Waals surface area contributed by atoms with Crippen molar-refractivity contribution in [3.63, 3.8) is 0 Å². The molecule has 25 heavy (non-hydrogen) atoms. The molecule has 1 rings (SSSR count). The second kappa shape index (κ2) is 11.7. The van der Waals surface area contributed by atoms with E-state index in [1.165, 1.54) is 5.56 Å². The lowest BCUT2D eigenvalue weighted by Gasteiger charge is -2.27. The molecule has 0 aliphatic heterocycles. The van der Waals surface area contributed by atoms with E-state index in [1.807, 2.05) is 11.8 Å². The molecule has 0 heterocycles. The van der Waals surface area contributed by atoms with E-state index in [2.05, 4.69) is 82.1 Å². The molecule has 144 valence electrons. The van der Waals surface area contributed by atoms with Gasteiger partial charge in [0.15, 0.2) is 5.75 Å². The molecule has 1 aromatic carbocycles. The molecule has 1 unspecified atom stereocenters. The normalized spacial score (nSPS) is 13.1. The summed E-state index contributed by atoms with van der Waals surface area (Å²) < 4.78 is 12.4. The minimum atomic E-state index is -1.65. The lowest BCUT2D eigenvalue weighted by molar-refractivity contribution is 0.391. The molecular formula is C19H34O2S3Si. The van der Waals surface area contributed by atoms with Crippen molar-refractivity contribution in [1.29, 1.82) is 0 Å². The molecule has 0 aliphatic rings. The maximum Gasteiger partial charge on any atom is 0.242 e. The fourth-order valence-corrected chi connectivity index (χ4v) is 7.29. The van der Waals surface area contributed by atoms with E-state index in [0.717, 1.165) is 34.5 Å². The van der Waals surface area contributed by atoms with E-state index in [9.17, 15) is 0 Å². The van der Waals surface area contributed by atoms with Gasteiger partial charge in [0.1, 0.15) is 5.75 Å². The second-order valence-corrected chi connectivity index (χ2v) is 15.6. The van der Waals surface area contributed by atoms with E-state index in [-0.39, 0.29) is 0 Å². The highest BCUT2D eigenvalue weighted by atomic mass is 32.2. The summed E-state index contributed by atoms with van der Waals surface area (Å²) in [7, 11) is 0.0904. The number of methoxy groups -OCH3 is 1. The van der Waals surface area contributed by atoms with Gasteiger partial charge in [0, 0.05) is 11.7 Å². The first-order chi connectivity index (χ1) is 11.9. The number of hydrogen-bond acceptors (Lipinski definition) is 5. The van der Waals surface area contributed by atoms with E-state index >= 15 is 0 Å². The van der Waals surface area contributed by atoms with Gasteiger partial charge < -0.3 is 9.16 Å². The van der Waals surface area contributed by atoms with Gasteiger partial charge in [-0.2, -0.15) is 11.8 Å². The van der Waals surface area contributed by atoms with Crippen molar-refractivity contribution >= 4 is 43.6 Å². The van der Waals surface area contributed by atoms with Gasteiger partial charge in [-0.05, 0) is 54.6 Å². The molecule has 0 saturated heterocycles. The molecule has 0 aromatic heterocycles. The maximum atomic E-state index is 6.19. The lowest BCUT2D eigenvalue weighted by Crippen LogP contribution is -2.29. The smallest absolute Gasteiger partial charge is 0.242 e. The summed E-state index contributed by atoms with van der Waals surface area (Å²) >= 11 is 6.16. The number of hydrogen-bond donors (Lipinski definition) is 0. The van der Waals surface area contributed by atoms with Crippen LogP contribution >= 0.6 is 35.3 Å². The summed E-state index contributed by atoms with van der Waals surface area (Å²) in [5, 5.41) is 0. The molecule has 6 heteroatoms. The Kier molecular flexibility index (Phi) is 10.8. The Balaban J connectivity index is 3.15. The van der Waals surface area contributed by atoms with Crippen LogP contribution < -0.4 is 9.16 Å². The van der Waals surface area contributed by atoms with Crippen LogP contribution in [0.15, 0.2) is 18.2 Å². The Bertz CT molecular complexity index is 500. The highest BCUT2D eigenvalue weighted by Crippen LogP contribution is 2.41. The van der Waals surface area contributed by atoms with E-state index in [0.29, 0.717) is 10.5 Å². The Morgan fingerprint density at radius 1 is 0.960 bits per heavy atom. The fourth-order valence-electron chi connectivity index (χ4n) is 2.51. The van der Waals surface area contributed by atoms with Crippen molar-refractivity contribution in [2.75, 3.05) is 30.1 Å².